The van der Waals surface area contributed by atoms with E-state index in [0.29, 0.717) is 22.6 Å². The summed E-state index contributed by atoms with van der Waals surface area (Å²) in [4.78, 5) is 35.3. The van der Waals surface area contributed by atoms with Crippen LogP contribution in [0.3, 0.4) is 0 Å². The molecule has 0 heterocycles. The lowest BCUT2D eigenvalue weighted by Crippen LogP contribution is -2.17. The number of para-hydroxylation sites is 1. The first-order valence-electron chi connectivity index (χ1n) is 8.84. The topological polar surface area (TPSA) is 89.3 Å². The number of benzene rings is 3. The van der Waals surface area contributed by atoms with Gasteiger partial charge in [-0.1, -0.05) is 54.6 Å². The highest BCUT2D eigenvalue weighted by Crippen LogP contribution is 2.21. The van der Waals surface area contributed by atoms with Gasteiger partial charge in [-0.2, -0.15) is 0 Å². The first-order chi connectivity index (χ1) is 14.0. The van der Waals surface area contributed by atoms with E-state index >= 15 is 0 Å². The Kier molecular flexibility index (Phi) is 6.76. The zero-order valence-electron chi connectivity index (χ0n) is 15.4. The molecular formula is C22H18N2O4S. The molecule has 0 bridgehead atoms. The van der Waals surface area contributed by atoms with E-state index in [4.69, 9.17) is 0 Å². The summed E-state index contributed by atoms with van der Waals surface area (Å²) in [5, 5.41) is 13.5. The van der Waals surface area contributed by atoms with Gasteiger partial charge >= 0.3 is 0 Å². The highest BCUT2D eigenvalue weighted by atomic mass is 32.2. The first kappa shape index (κ1) is 20.3. The molecule has 6 nitrogen and oxygen atoms in total. The van der Waals surface area contributed by atoms with Gasteiger partial charge in [0.25, 0.3) is 5.69 Å². The van der Waals surface area contributed by atoms with Crippen LogP contribution in [0.2, 0.25) is 0 Å². The van der Waals surface area contributed by atoms with Gasteiger partial charge in [0, 0.05) is 29.0 Å². The Hall–Kier alpha value is -3.45. The molecule has 0 fully saturated rings. The van der Waals surface area contributed by atoms with Crippen molar-refractivity contribution in [2.24, 2.45) is 0 Å². The number of carbonyl (C=O) groups excluding carboxylic acids is 2. The fourth-order valence-electron chi connectivity index (χ4n) is 2.70. The van der Waals surface area contributed by atoms with Gasteiger partial charge in [0.2, 0.25) is 5.91 Å². The van der Waals surface area contributed by atoms with Gasteiger partial charge in [-0.3, -0.25) is 19.7 Å². The number of nitrogens with zero attached hydrogens (tertiary/aromatic N) is 1. The average Bonchev–Trinajstić information content (AvgIpc) is 2.74. The molecule has 7 heteroatoms. The Morgan fingerprint density at radius 2 is 1.55 bits per heavy atom. The normalized spacial score (nSPS) is 10.3. The van der Waals surface area contributed by atoms with Gasteiger partial charge in [-0.15, -0.1) is 11.8 Å². The first-order valence-corrected chi connectivity index (χ1v) is 10.00. The fourth-order valence-corrected chi connectivity index (χ4v) is 3.48. The Morgan fingerprint density at radius 3 is 2.24 bits per heavy atom. The van der Waals surface area contributed by atoms with E-state index < -0.39 is 4.92 Å². The van der Waals surface area contributed by atoms with Crippen molar-refractivity contribution in [1.82, 2.24) is 0 Å². The molecule has 0 saturated carbocycles. The highest BCUT2D eigenvalue weighted by molar-refractivity contribution is 7.99. The second-order valence-corrected chi connectivity index (χ2v) is 7.19. The van der Waals surface area contributed by atoms with Crippen LogP contribution in [0.4, 0.5) is 11.4 Å². The molecule has 0 atom stereocenters. The van der Waals surface area contributed by atoms with E-state index in [2.05, 4.69) is 5.32 Å². The van der Waals surface area contributed by atoms with Crippen LogP contribution >= 0.6 is 11.8 Å². The molecule has 3 rings (SSSR count). The molecule has 0 unspecified atom stereocenters. The molecule has 29 heavy (non-hydrogen) atoms. The van der Waals surface area contributed by atoms with E-state index in [-0.39, 0.29) is 23.1 Å². The van der Waals surface area contributed by atoms with Crippen LogP contribution < -0.4 is 5.32 Å². The van der Waals surface area contributed by atoms with E-state index in [1.165, 1.54) is 23.9 Å². The maximum absolute atomic E-state index is 12.7. The van der Waals surface area contributed by atoms with Crippen LogP contribution in [0.5, 0.6) is 0 Å². The lowest BCUT2D eigenvalue weighted by molar-refractivity contribution is -0.384. The van der Waals surface area contributed by atoms with E-state index in [1.807, 2.05) is 6.07 Å². The molecular weight excluding hydrogens is 388 g/mol. The quantitative estimate of drug-likeness (QED) is 0.333. The van der Waals surface area contributed by atoms with Gasteiger partial charge in [0.05, 0.1) is 16.4 Å². The average molecular weight is 406 g/mol. The van der Waals surface area contributed by atoms with Crippen LogP contribution in [0.15, 0.2) is 78.9 Å². The number of rotatable bonds is 8. The van der Waals surface area contributed by atoms with Crippen LogP contribution in [0.1, 0.15) is 21.5 Å². The summed E-state index contributed by atoms with van der Waals surface area (Å²) in [7, 11) is 0. The number of thioether (sulfide) groups is 1. The van der Waals surface area contributed by atoms with E-state index in [9.17, 15) is 19.7 Å². The summed E-state index contributed by atoms with van der Waals surface area (Å²) in [5.74, 6) is 0.381. The minimum atomic E-state index is -0.446. The fraction of sp³-hybridized carbons (Fsp3) is 0.0909. The van der Waals surface area contributed by atoms with Gasteiger partial charge in [0.15, 0.2) is 5.78 Å². The lowest BCUT2D eigenvalue weighted by atomic mass is 10.0. The van der Waals surface area contributed by atoms with Crippen molar-refractivity contribution in [3.8, 4) is 0 Å². The number of nitrogens with one attached hydrogen (secondary N) is 1. The van der Waals surface area contributed by atoms with E-state index in [1.54, 1.807) is 60.7 Å². The predicted octanol–water partition coefficient (Wildman–Crippen LogP) is 4.70. The highest BCUT2D eigenvalue weighted by Gasteiger charge is 2.14. The summed E-state index contributed by atoms with van der Waals surface area (Å²) in [6, 6.07) is 22.1. The third kappa shape index (κ3) is 5.52. The van der Waals surface area contributed by atoms with Crippen molar-refractivity contribution in [2.45, 2.75) is 5.75 Å². The molecule has 146 valence electrons. The van der Waals surface area contributed by atoms with Crippen molar-refractivity contribution in [3.05, 3.63) is 106 Å². The summed E-state index contributed by atoms with van der Waals surface area (Å²) in [5.41, 5.74) is 2.40. The standard InChI is InChI=1S/C22H18N2O4S/c25-21(15-29-14-16-10-12-18(13-11-16)24(27)28)23-20-9-5-4-8-19(20)22(26)17-6-2-1-3-7-17/h1-13H,14-15H2,(H,23,25). The van der Waals surface area contributed by atoms with Gasteiger partial charge in [-0.25, -0.2) is 0 Å². The smallest absolute Gasteiger partial charge is 0.269 e. The van der Waals surface area contributed by atoms with Crippen molar-refractivity contribution in [2.75, 3.05) is 11.1 Å². The maximum atomic E-state index is 12.7. The summed E-state index contributed by atoms with van der Waals surface area (Å²) in [6.07, 6.45) is 0. The second kappa shape index (κ2) is 9.66. The molecule has 3 aromatic rings. The number of nitro groups is 1. The third-order valence-corrected chi connectivity index (χ3v) is 5.13. The number of carbonyl (C=O) groups is 2. The number of hydrogen-bond donors (Lipinski definition) is 1. The van der Waals surface area contributed by atoms with Gasteiger partial charge < -0.3 is 5.32 Å². The molecule has 0 radical (unpaired) electrons. The van der Waals surface area contributed by atoms with Crippen LogP contribution in [-0.4, -0.2) is 22.4 Å². The number of nitro benzene ring substituents is 1. The Balaban J connectivity index is 1.58. The van der Waals surface area contributed by atoms with Crippen LogP contribution in [0.25, 0.3) is 0 Å². The van der Waals surface area contributed by atoms with Crippen molar-refractivity contribution in [3.63, 3.8) is 0 Å². The molecule has 1 amide bonds. The Bertz CT molecular complexity index is 1020. The summed E-state index contributed by atoms with van der Waals surface area (Å²) < 4.78 is 0. The summed E-state index contributed by atoms with van der Waals surface area (Å²) >= 11 is 1.39. The molecule has 0 aromatic heterocycles. The third-order valence-electron chi connectivity index (χ3n) is 4.13. The minimum Gasteiger partial charge on any atom is -0.325 e. The van der Waals surface area contributed by atoms with E-state index in [0.717, 1.165) is 5.56 Å². The molecule has 0 aliphatic carbocycles. The van der Waals surface area contributed by atoms with Gasteiger partial charge in [-0.05, 0) is 17.7 Å². The van der Waals surface area contributed by atoms with Crippen LogP contribution in [-0.2, 0) is 10.5 Å². The number of amides is 1. The number of ketones is 1. The van der Waals surface area contributed by atoms with Crippen molar-refractivity contribution < 1.29 is 14.5 Å². The zero-order chi connectivity index (χ0) is 20.6. The minimum absolute atomic E-state index is 0.0381. The van der Waals surface area contributed by atoms with Crippen molar-refractivity contribution in [1.29, 1.82) is 0 Å². The Morgan fingerprint density at radius 1 is 0.897 bits per heavy atom. The maximum Gasteiger partial charge on any atom is 0.269 e. The van der Waals surface area contributed by atoms with Crippen molar-refractivity contribution >= 4 is 34.8 Å². The number of hydrogen-bond acceptors (Lipinski definition) is 5. The lowest BCUT2D eigenvalue weighted by Gasteiger charge is -2.10. The molecule has 1 N–H and O–H groups in total. The second-order valence-electron chi connectivity index (χ2n) is 6.21. The molecule has 3 aromatic carbocycles. The largest absolute Gasteiger partial charge is 0.325 e. The van der Waals surface area contributed by atoms with Crippen LogP contribution in [0, 0.1) is 10.1 Å². The number of anilines is 1. The SMILES string of the molecule is O=C(CSCc1ccc([N+](=O)[O-])cc1)Nc1ccccc1C(=O)c1ccccc1. The zero-order valence-corrected chi connectivity index (χ0v) is 16.2. The van der Waals surface area contributed by atoms with Gasteiger partial charge in [0.1, 0.15) is 0 Å². The molecule has 0 spiro atoms. The number of non-ortho nitro benzene ring substituents is 1. The predicted molar refractivity (Wildman–Crippen MR) is 114 cm³/mol. The summed E-state index contributed by atoms with van der Waals surface area (Å²) in [6.45, 7) is 0. The molecule has 0 aliphatic heterocycles. The Labute approximate surface area is 172 Å². The molecule has 0 saturated heterocycles. The molecule has 0 aliphatic rings. The monoisotopic (exact) mass is 406 g/mol.